The maximum atomic E-state index is 14.1. The maximum Gasteiger partial charge on any atom is 0.509 e. The molecule has 0 aliphatic carbocycles. The van der Waals surface area contributed by atoms with Gasteiger partial charge in [-0.1, -0.05) is 32.8 Å². The largest absolute Gasteiger partial charge is 0.509 e. The fourth-order valence-electron chi connectivity index (χ4n) is 6.56. The van der Waals surface area contributed by atoms with Crippen LogP contribution in [0.15, 0.2) is 34.1 Å². The molecule has 0 radical (unpaired) electrons. The molecule has 3 aromatic rings. The molecule has 0 bridgehead atoms. The molecular formula is C35H38F3N5O12S. The predicted octanol–water partition coefficient (Wildman–Crippen LogP) is 3.46. The molecule has 3 aliphatic rings. The monoisotopic (exact) mass is 809 g/mol. The molecule has 3 N–H and O–H groups in total. The van der Waals surface area contributed by atoms with Gasteiger partial charge in [-0.2, -0.15) is 13.2 Å². The number of aromatic nitrogens is 2. The van der Waals surface area contributed by atoms with Gasteiger partial charge in [0.25, 0.3) is 5.56 Å². The van der Waals surface area contributed by atoms with Crippen LogP contribution in [0.2, 0.25) is 0 Å². The van der Waals surface area contributed by atoms with Gasteiger partial charge in [0, 0.05) is 17.7 Å². The van der Waals surface area contributed by atoms with E-state index in [4.69, 9.17) is 34.8 Å². The molecule has 0 amide bonds. The Morgan fingerprint density at radius 1 is 1.14 bits per heavy atom. The van der Waals surface area contributed by atoms with Crippen molar-refractivity contribution in [2.45, 2.75) is 70.5 Å². The van der Waals surface area contributed by atoms with E-state index in [2.05, 4.69) is 21.6 Å². The van der Waals surface area contributed by atoms with Gasteiger partial charge in [0.05, 0.1) is 70.7 Å². The summed E-state index contributed by atoms with van der Waals surface area (Å²) in [6.07, 6.45) is -1.68. The smallest absolute Gasteiger partial charge is 0.475 e. The number of aliphatic carboxylic acids is 1. The summed E-state index contributed by atoms with van der Waals surface area (Å²) in [7, 11) is -2.85. The summed E-state index contributed by atoms with van der Waals surface area (Å²) in [5.41, 5.74) is 7.65. The van der Waals surface area contributed by atoms with Gasteiger partial charge in [-0.15, -0.1) is 0 Å². The van der Waals surface area contributed by atoms with Gasteiger partial charge in [0.15, 0.2) is 9.84 Å². The number of halogens is 3. The first-order valence-corrected chi connectivity index (χ1v) is 19.1. The van der Waals surface area contributed by atoms with Crippen LogP contribution in [0, 0.1) is 0 Å². The predicted molar refractivity (Wildman–Crippen MR) is 192 cm³/mol. The number of carbonyl (C=O) groups is 4. The number of esters is 2. The average molecular weight is 810 g/mol. The van der Waals surface area contributed by atoms with Crippen LogP contribution in [0.1, 0.15) is 56.2 Å². The number of aliphatic imine (C=N–C) groups is 1. The SMILES string of the molecule is CCCCCN1C=Nc2cccc3nc4c(c1c23)Cn1c-4cc2c(c1=O)COC(=O)[C@@]2(CC)OC(=O)OCCS(=O)(=O)C[C@H](N)C(=O)OC.O=C(O)C(F)(F)F. The molecule has 2 atom stereocenters. The minimum atomic E-state index is -5.08. The Hall–Kier alpha value is -5.57. The second-order valence-electron chi connectivity index (χ2n) is 12.9. The first-order chi connectivity index (χ1) is 26.4. The van der Waals surface area contributed by atoms with Crippen LogP contribution in [0.25, 0.3) is 22.3 Å². The molecular weight excluding hydrogens is 771 g/mol. The number of methoxy groups -OCH3 is 1. The third-order valence-corrected chi connectivity index (χ3v) is 11.0. The number of ether oxygens (including phenoxy) is 4. The van der Waals surface area contributed by atoms with E-state index in [1.54, 1.807) is 17.6 Å². The number of carboxylic acid groups (broad SMARTS) is 1. The average Bonchev–Trinajstić information content (AvgIpc) is 3.51. The maximum absolute atomic E-state index is 14.1. The van der Waals surface area contributed by atoms with E-state index in [1.165, 1.54) is 0 Å². The molecule has 0 spiro atoms. The number of unbranched alkanes of at least 4 members (excludes halogenated alkanes) is 2. The van der Waals surface area contributed by atoms with Crippen LogP contribution >= 0.6 is 0 Å². The van der Waals surface area contributed by atoms with Gasteiger partial charge in [0.1, 0.15) is 19.3 Å². The summed E-state index contributed by atoms with van der Waals surface area (Å²) in [6.45, 7) is 3.71. The molecule has 2 aromatic heterocycles. The van der Waals surface area contributed by atoms with Crippen molar-refractivity contribution in [3.63, 3.8) is 0 Å². The van der Waals surface area contributed by atoms with Crippen molar-refractivity contribution >= 4 is 62.5 Å². The normalized spacial score (nSPS) is 17.1. The Bertz CT molecular complexity index is 2280. The summed E-state index contributed by atoms with van der Waals surface area (Å²) in [4.78, 5) is 72.6. The number of hydrogen-bond donors (Lipinski definition) is 2. The van der Waals surface area contributed by atoms with Crippen LogP contribution in [0.4, 0.5) is 29.3 Å². The second kappa shape index (κ2) is 16.3. The van der Waals surface area contributed by atoms with E-state index in [0.717, 1.165) is 55.2 Å². The van der Waals surface area contributed by atoms with Crippen molar-refractivity contribution in [1.82, 2.24) is 9.55 Å². The van der Waals surface area contributed by atoms with Gasteiger partial charge >= 0.3 is 30.2 Å². The number of rotatable bonds is 12. The van der Waals surface area contributed by atoms with Gasteiger partial charge in [-0.25, -0.2) is 32.8 Å². The van der Waals surface area contributed by atoms with Crippen LogP contribution in [0.5, 0.6) is 0 Å². The number of hydrogen-bond acceptors (Lipinski definition) is 15. The summed E-state index contributed by atoms with van der Waals surface area (Å²) in [5, 5.41) is 8.02. The van der Waals surface area contributed by atoms with E-state index < -0.39 is 75.4 Å². The molecule has 17 nitrogen and oxygen atoms in total. The fourth-order valence-corrected chi connectivity index (χ4v) is 7.75. The van der Waals surface area contributed by atoms with E-state index in [0.29, 0.717) is 16.9 Å². The van der Waals surface area contributed by atoms with E-state index in [1.807, 2.05) is 24.5 Å². The second-order valence-corrected chi connectivity index (χ2v) is 15.1. The van der Waals surface area contributed by atoms with E-state index >= 15 is 0 Å². The molecule has 0 saturated carbocycles. The lowest BCUT2D eigenvalue weighted by molar-refractivity contribution is -0.192. The molecule has 56 heavy (non-hydrogen) atoms. The number of pyridine rings is 2. The zero-order valence-corrected chi connectivity index (χ0v) is 31.2. The highest BCUT2D eigenvalue weighted by atomic mass is 32.2. The van der Waals surface area contributed by atoms with Gasteiger partial charge in [-0.05, 0) is 31.0 Å². The van der Waals surface area contributed by atoms with E-state index in [9.17, 15) is 40.8 Å². The topological polar surface area (TPSA) is 236 Å². The third kappa shape index (κ3) is 8.18. The first-order valence-electron chi connectivity index (χ1n) is 17.3. The van der Waals surface area contributed by atoms with Crippen LogP contribution in [-0.2, 0) is 61.9 Å². The first kappa shape index (κ1) is 41.6. The standard InChI is InChI=1S/C33H37N5O10S.C2HF3O2/c1-4-6-7-11-37-18-35-23-9-8-10-24-26(23)28(37)19-15-38-25(27(19)36-24)14-21-20(29(38)39)16-47-31(41)33(21,5-2)48-32(42)46-12-13-49(43,44)17-22(34)30(40)45-3;3-2(4,5)1(6)7/h8-10,14,18,22H,4-7,11-13,15-17,34H2,1-3H3;(H,6,7)/t22-,33-;/m0./s1. The lowest BCUT2D eigenvalue weighted by atomic mass is 9.85. The van der Waals surface area contributed by atoms with Crippen molar-refractivity contribution < 1.29 is 64.8 Å². The lowest BCUT2D eigenvalue weighted by Gasteiger charge is -2.35. The van der Waals surface area contributed by atoms with Gasteiger partial charge in [-0.3, -0.25) is 9.59 Å². The number of nitrogens with zero attached hydrogens (tertiary/aromatic N) is 4. The van der Waals surface area contributed by atoms with Crippen molar-refractivity contribution in [3.8, 4) is 11.4 Å². The van der Waals surface area contributed by atoms with Crippen LogP contribution < -0.4 is 16.2 Å². The number of carbonyl (C=O) groups excluding carboxylic acids is 3. The molecule has 6 rings (SSSR count). The van der Waals surface area contributed by atoms with Crippen molar-refractivity contribution in [1.29, 1.82) is 0 Å². The van der Waals surface area contributed by atoms with Crippen molar-refractivity contribution in [2.75, 3.05) is 36.7 Å². The Labute approximate surface area is 317 Å². The lowest BCUT2D eigenvalue weighted by Crippen LogP contribution is -2.47. The number of sulfone groups is 1. The highest BCUT2D eigenvalue weighted by Gasteiger charge is 2.51. The molecule has 3 aliphatic heterocycles. The van der Waals surface area contributed by atoms with Gasteiger partial charge in [0.2, 0.25) is 5.60 Å². The van der Waals surface area contributed by atoms with Gasteiger partial charge < -0.3 is 39.3 Å². The fraction of sp³-hybridized carbons (Fsp3) is 0.457. The van der Waals surface area contributed by atoms with E-state index in [-0.39, 0.29) is 30.7 Å². The molecule has 21 heteroatoms. The Morgan fingerprint density at radius 3 is 2.50 bits per heavy atom. The molecule has 5 heterocycles. The molecule has 302 valence electrons. The van der Waals surface area contributed by atoms with Crippen molar-refractivity contribution in [3.05, 3.63) is 51.3 Å². The summed E-state index contributed by atoms with van der Waals surface area (Å²) >= 11 is 0. The zero-order valence-electron chi connectivity index (χ0n) is 30.4. The molecule has 0 unspecified atom stereocenters. The number of cyclic esters (lactones) is 1. The number of alkyl halides is 3. The summed E-state index contributed by atoms with van der Waals surface area (Å²) < 4.78 is 78.6. The van der Waals surface area contributed by atoms with Crippen LogP contribution in [0.3, 0.4) is 0 Å². The zero-order chi connectivity index (χ0) is 41.2. The number of benzene rings is 1. The quantitative estimate of drug-likeness (QED) is 0.118. The Balaban J connectivity index is 0.000000784. The number of nitrogens with two attached hydrogens (primary N) is 1. The third-order valence-electron chi connectivity index (χ3n) is 9.31. The molecule has 1 aromatic carbocycles. The Kier molecular flexibility index (Phi) is 12.1. The Morgan fingerprint density at radius 2 is 1.86 bits per heavy atom. The van der Waals surface area contributed by atoms with Crippen molar-refractivity contribution in [2.24, 2.45) is 10.7 Å². The highest BCUT2D eigenvalue weighted by molar-refractivity contribution is 7.91. The highest BCUT2D eigenvalue weighted by Crippen LogP contribution is 2.47. The molecule has 0 saturated heterocycles. The summed E-state index contributed by atoms with van der Waals surface area (Å²) in [6, 6.07) is 5.93. The summed E-state index contributed by atoms with van der Waals surface area (Å²) in [5.74, 6) is -5.94. The number of anilines is 1. The number of carboxylic acids is 1. The minimum absolute atomic E-state index is 0.114. The van der Waals surface area contributed by atoms with Crippen LogP contribution in [-0.4, -0.2) is 97.5 Å². The minimum Gasteiger partial charge on any atom is -0.475 e. The number of fused-ring (bicyclic) bond motifs is 5. The molecule has 0 fully saturated rings.